The fourth-order valence-corrected chi connectivity index (χ4v) is 1.07. The van der Waals surface area contributed by atoms with E-state index in [0.29, 0.717) is 0 Å². The first kappa shape index (κ1) is 10.1. The molecule has 0 unspecified atom stereocenters. The second-order valence-corrected chi connectivity index (χ2v) is 2.36. The van der Waals surface area contributed by atoms with Crippen molar-refractivity contribution in [3.05, 3.63) is 0 Å². The second-order valence-electron chi connectivity index (χ2n) is 2.36. The number of aliphatic carboxylic acids is 1. The van der Waals surface area contributed by atoms with Gasteiger partial charge < -0.3 is 15.2 Å². The molecule has 64 valence electrons. The van der Waals surface area contributed by atoms with E-state index < -0.39 is 5.97 Å². The van der Waals surface area contributed by atoms with Crippen molar-refractivity contribution in [2.24, 2.45) is 5.92 Å². The number of carboxylic acid groups (broad SMARTS) is 1. The number of piperidine rings is 1. The molecular formula is C7H13NO3. The van der Waals surface area contributed by atoms with E-state index in [1.807, 2.05) is 6.79 Å². The Bertz CT molecular complexity index is 121. The Kier molecular flexibility index (Phi) is 5.37. The number of carbonyl (C=O) groups is 2. The smallest absolute Gasteiger partial charge is 0.306 e. The molecule has 4 heteroatoms. The van der Waals surface area contributed by atoms with Gasteiger partial charge in [0.25, 0.3) is 0 Å². The van der Waals surface area contributed by atoms with Gasteiger partial charge >= 0.3 is 5.97 Å². The lowest BCUT2D eigenvalue weighted by Gasteiger charge is -2.17. The van der Waals surface area contributed by atoms with Crippen molar-refractivity contribution >= 4 is 12.8 Å². The molecule has 0 spiro atoms. The highest BCUT2D eigenvalue weighted by atomic mass is 16.4. The third kappa shape index (κ3) is 3.72. The summed E-state index contributed by atoms with van der Waals surface area (Å²) in [5.41, 5.74) is 0. The average molecular weight is 159 g/mol. The van der Waals surface area contributed by atoms with Crippen molar-refractivity contribution in [3.63, 3.8) is 0 Å². The van der Waals surface area contributed by atoms with E-state index >= 15 is 0 Å². The number of hydrogen-bond donors (Lipinski definition) is 2. The zero-order chi connectivity index (χ0) is 8.69. The molecule has 1 saturated heterocycles. The van der Waals surface area contributed by atoms with Crippen LogP contribution in [0.15, 0.2) is 0 Å². The molecule has 4 nitrogen and oxygen atoms in total. The summed E-state index contributed by atoms with van der Waals surface area (Å²) in [6.07, 6.45) is 1.57. The molecule has 0 saturated carbocycles. The fraction of sp³-hybridized carbons (Fsp3) is 0.714. The van der Waals surface area contributed by atoms with E-state index in [1.165, 1.54) is 0 Å². The summed E-state index contributed by atoms with van der Waals surface area (Å²) in [5, 5.41) is 11.6. The molecule has 1 aliphatic rings. The Morgan fingerprint density at radius 2 is 1.82 bits per heavy atom. The van der Waals surface area contributed by atoms with Gasteiger partial charge in [-0.3, -0.25) is 4.79 Å². The summed E-state index contributed by atoms with van der Waals surface area (Å²) in [5.74, 6) is -0.734. The zero-order valence-corrected chi connectivity index (χ0v) is 6.38. The van der Waals surface area contributed by atoms with Gasteiger partial charge in [-0.2, -0.15) is 0 Å². The number of hydrogen-bond acceptors (Lipinski definition) is 3. The first-order valence-electron chi connectivity index (χ1n) is 3.53. The molecule has 1 heterocycles. The van der Waals surface area contributed by atoms with Gasteiger partial charge in [0.15, 0.2) is 0 Å². The number of carbonyl (C=O) groups excluding carboxylic acids is 1. The largest absolute Gasteiger partial charge is 0.481 e. The van der Waals surface area contributed by atoms with Crippen LogP contribution in [-0.4, -0.2) is 31.0 Å². The van der Waals surface area contributed by atoms with E-state index in [9.17, 15) is 4.79 Å². The predicted molar refractivity (Wildman–Crippen MR) is 40.4 cm³/mol. The topological polar surface area (TPSA) is 66.4 Å². The van der Waals surface area contributed by atoms with Crippen molar-refractivity contribution in [2.45, 2.75) is 12.8 Å². The molecule has 0 aliphatic carbocycles. The maximum absolute atomic E-state index is 10.3. The maximum Gasteiger partial charge on any atom is 0.306 e. The molecule has 0 aromatic heterocycles. The molecule has 11 heavy (non-hydrogen) atoms. The second kappa shape index (κ2) is 5.85. The van der Waals surface area contributed by atoms with Crippen LogP contribution in [-0.2, 0) is 9.59 Å². The van der Waals surface area contributed by atoms with Gasteiger partial charge in [-0.25, -0.2) is 0 Å². The number of nitrogens with one attached hydrogen (secondary N) is 1. The van der Waals surface area contributed by atoms with Crippen LogP contribution in [0.1, 0.15) is 12.8 Å². The standard InChI is InChI=1S/C6H11NO2.CH2O/c8-6(9)5-1-3-7-4-2-5;1-2/h5,7H,1-4H2,(H,8,9);1H2. The van der Waals surface area contributed by atoms with Crippen LogP contribution in [0.25, 0.3) is 0 Å². The van der Waals surface area contributed by atoms with E-state index in [2.05, 4.69) is 5.32 Å². The van der Waals surface area contributed by atoms with Gasteiger partial charge in [0.1, 0.15) is 6.79 Å². The molecule has 0 atom stereocenters. The number of carboxylic acids is 1. The molecule has 0 bridgehead atoms. The Balaban J connectivity index is 0.000000461. The van der Waals surface area contributed by atoms with Crippen LogP contribution in [0.4, 0.5) is 0 Å². The summed E-state index contributed by atoms with van der Waals surface area (Å²) in [6, 6.07) is 0. The highest BCUT2D eigenvalue weighted by Gasteiger charge is 2.18. The van der Waals surface area contributed by atoms with Crippen LogP contribution >= 0.6 is 0 Å². The van der Waals surface area contributed by atoms with Crippen LogP contribution in [0.5, 0.6) is 0 Å². The van der Waals surface area contributed by atoms with Gasteiger partial charge in [0.2, 0.25) is 0 Å². The van der Waals surface area contributed by atoms with E-state index in [-0.39, 0.29) is 5.92 Å². The Morgan fingerprint density at radius 1 is 1.36 bits per heavy atom. The summed E-state index contributed by atoms with van der Waals surface area (Å²) < 4.78 is 0. The minimum atomic E-state index is -0.642. The summed E-state index contributed by atoms with van der Waals surface area (Å²) >= 11 is 0. The normalized spacial score (nSPS) is 18.2. The Labute approximate surface area is 65.6 Å². The van der Waals surface area contributed by atoms with E-state index in [1.54, 1.807) is 0 Å². The van der Waals surface area contributed by atoms with Gasteiger partial charge in [-0.1, -0.05) is 0 Å². The lowest BCUT2D eigenvalue weighted by Crippen LogP contribution is -2.31. The minimum absolute atomic E-state index is 0.0914. The molecule has 1 aliphatic heterocycles. The molecule has 0 aromatic carbocycles. The highest BCUT2D eigenvalue weighted by Crippen LogP contribution is 2.10. The summed E-state index contributed by atoms with van der Waals surface area (Å²) in [7, 11) is 0. The first-order valence-corrected chi connectivity index (χ1v) is 3.53. The van der Waals surface area contributed by atoms with Crippen molar-refractivity contribution in [1.82, 2.24) is 5.32 Å². The molecule has 1 rings (SSSR count). The molecule has 1 fully saturated rings. The van der Waals surface area contributed by atoms with Gasteiger partial charge in [-0.05, 0) is 25.9 Å². The lowest BCUT2D eigenvalue weighted by atomic mass is 9.99. The molecular weight excluding hydrogens is 146 g/mol. The Morgan fingerprint density at radius 3 is 2.09 bits per heavy atom. The zero-order valence-electron chi connectivity index (χ0n) is 6.38. The van der Waals surface area contributed by atoms with E-state index in [4.69, 9.17) is 9.90 Å². The lowest BCUT2D eigenvalue weighted by molar-refractivity contribution is -0.142. The van der Waals surface area contributed by atoms with E-state index in [0.717, 1.165) is 25.9 Å². The van der Waals surface area contributed by atoms with Crippen LogP contribution in [0.3, 0.4) is 0 Å². The summed E-state index contributed by atoms with van der Waals surface area (Å²) in [4.78, 5) is 18.3. The fourth-order valence-electron chi connectivity index (χ4n) is 1.07. The third-order valence-corrected chi connectivity index (χ3v) is 1.69. The van der Waals surface area contributed by atoms with Gasteiger partial charge in [-0.15, -0.1) is 0 Å². The van der Waals surface area contributed by atoms with Gasteiger partial charge in [0, 0.05) is 0 Å². The molecule has 0 radical (unpaired) electrons. The maximum atomic E-state index is 10.3. The monoisotopic (exact) mass is 159 g/mol. The molecule has 0 aromatic rings. The Hall–Kier alpha value is -0.900. The molecule has 2 N–H and O–H groups in total. The van der Waals surface area contributed by atoms with Crippen LogP contribution < -0.4 is 5.32 Å². The van der Waals surface area contributed by atoms with Crippen molar-refractivity contribution in [1.29, 1.82) is 0 Å². The van der Waals surface area contributed by atoms with Crippen molar-refractivity contribution < 1.29 is 14.7 Å². The molecule has 0 amide bonds. The highest BCUT2D eigenvalue weighted by molar-refractivity contribution is 5.70. The average Bonchev–Trinajstić information content (AvgIpc) is 2.10. The predicted octanol–water partition coefficient (Wildman–Crippen LogP) is -0.114. The van der Waals surface area contributed by atoms with Crippen LogP contribution in [0.2, 0.25) is 0 Å². The van der Waals surface area contributed by atoms with Gasteiger partial charge in [0.05, 0.1) is 5.92 Å². The van der Waals surface area contributed by atoms with Crippen molar-refractivity contribution in [3.8, 4) is 0 Å². The van der Waals surface area contributed by atoms with Crippen molar-refractivity contribution in [2.75, 3.05) is 13.1 Å². The minimum Gasteiger partial charge on any atom is -0.481 e. The number of rotatable bonds is 1. The SMILES string of the molecule is C=O.O=C(O)C1CCNCC1. The van der Waals surface area contributed by atoms with Crippen LogP contribution in [0, 0.1) is 5.92 Å². The first-order chi connectivity index (χ1) is 5.30. The third-order valence-electron chi connectivity index (χ3n) is 1.69. The summed E-state index contributed by atoms with van der Waals surface area (Å²) in [6.45, 7) is 3.72. The quantitative estimate of drug-likeness (QED) is 0.560.